The fourth-order valence-corrected chi connectivity index (χ4v) is 6.02. The first-order chi connectivity index (χ1) is 13.4. The van der Waals surface area contributed by atoms with Crippen LogP contribution < -0.4 is 0 Å². The summed E-state index contributed by atoms with van der Waals surface area (Å²) in [4.78, 5) is 18.6. The van der Waals surface area contributed by atoms with Crippen LogP contribution in [0.3, 0.4) is 0 Å². The number of carbonyl (C=O) groups is 1. The molecule has 0 saturated carbocycles. The molecule has 8 heteroatoms. The van der Waals surface area contributed by atoms with Gasteiger partial charge in [0.2, 0.25) is 5.91 Å². The van der Waals surface area contributed by atoms with E-state index >= 15 is 0 Å². The molecule has 3 rings (SSSR count). The fraction of sp³-hybridized carbons (Fsp3) is 0.450. The molecule has 0 atom stereocenters. The standard InChI is InChI=1S/C20H25ClN2O3S2/c1-2-13-28(25,26)15-20(24)23-11-9-22(10-12-23)14-16-7-8-19(27-16)17-5-3-4-6-18(17)21/h3-8H,2,9-15H2,1H3. The van der Waals surface area contributed by atoms with Crippen molar-refractivity contribution < 1.29 is 13.2 Å². The number of hydrogen-bond donors (Lipinski definition) is 0. The number of sulfone groups is 1. The molecule has 0 unspecified atom stereocenters. The van der Waals surface area contributed by atoms with Gasteiger partial charge in [-0.25, -0.2) is 8.42 Å². The molecule has 0 radical (unpaired) electrons. The highest BCUT2D eigenvalue weighted by Gasteiger charge is 2.25. The predicted octanol–water partition coefficient (Wildman–Crippen LogP) is 3.54. The molecule has 0 aliphatic carbocycles. The topological polar surface area (TPSA) is 57.7 Å². The van der Waals surface area contributed by atoms with Gasteiger partial charge in [0, 0.05) is 53.1 Å². The molecule has 0 spiro atoms. The molecule has 1 aliphatic rings. The molecule has 152 valence electrons. The molecule has 1 fully saturated rings. The molecule has 0 N–H and O–H groups in total. The number of hydrogen-bond acceptors (Lipinski definition) is 5. The molecule has 1 aliphatic heterocycles. The summed E-state index contributed by atoms with van der Waals surface area (Å²) in [6, 6.07) is 12.0. The third-order valence-corrected chi connectivity index (χ3v) is 7.91. The Balaban J connectivity index is 1.52. The number of amides is 1. The van der Waals surface area contributed by atoms with Gasteiger partial charge in [-0.1, -0.05) is 36.7 Å². The largest absolute Gasteiger partial charge is 0.339 e. The number of benzene rings is 1. The number of thiophene rings is 1. The SMILES string of the molecule is CCCS(=O)(=O)CC(=O)N1CCN(Cc2ccc(-c3ccccc3Cl)s2)CC1. The quantitative estimate of drug-likeness (QED) is 0.660. The van der Waals surface area contributed by atoms with Crippen molar-refractivity contribution in [1.29, 1.82) is 0 Å². The molecular weight excluding hydrogens is 416 g/mol. The Kier molecular flexibility index (Phi) is 7.15. The maximum absolute atomic E-state index is 12.3. The van der Waals surface area contributed by atoms with E-state index in [0.717, 1.165) is 35.1 Å². The molecule has 1 saturated heterocycles. The van der Waals surface area contributed by atoms with Gasteiger partial charge in [0.15, 0.2) is 9.84 Å². The molecule has 1 amide bonds. The van der Waals surface area contributed by atoms with E-state index in [-0.39, 0.29) is 17.4 Å². The maximum Gasteiger partial charge on any atom is 0.237 e. The second-order valence-corrected chi connectivity index (χ2v) is 10.8. The lowest BCUT2D eigenvalue weighted by Crippen LogP contribution is -2.49. The van der Waals surface area contributed by atoms with Gasteiger partial charge >= 0.3 is 0 Å². The smallest absolute Gasteiger partial charge is 0.237 e. The van der Waals surface area contributed by atoms with Crippen molar-refractivity contribution in [3.05, 3.63) is 46.3 Å². The van der Waals surface area contributed by atoms with Crippen LogP contribution in [0.25, 0.3) is 10.4 Å². The zero-order chi connectivity index (χ0) is 20.1. The zero-order valence-electron chi connectivity index (χ0n) is 15.9. The highest BCUT2D eigenvalue weighted by atomic mass is 35.5. The molecule has 0 bridgehead atoms. The van der Waals surface area contributed by atoms with Gasteiger partial charge in [-0.3, -0.25) is 9.69 Å². The molecule has 2 aromatic rings. The van der Waals surface area contributed by atoms with Crippen molar-refractivity contribution in [2.24, 2.45) is 0 Å². The summed E-state index contributed by atoms with van der Waals surface area (Å²) in [5, 5.41) is 0.751. The van der Waals surface area contributed by atoms with Crippen LogP contribution in [0.15, 0.2) is 36.4 Å². The van der Waals surface area contributed by atoms with Gasteiger partial charge < -0.3 is 4.90 Å². The lowest BCUT2D eigenvalue weighted by molar-refractivity contribution is -0.130. The average molecular weight is 441 g/mol. The number of nitrogens with zero attached hydrogens (tertiary/aromatic N) is 2. The third kappa shape index (κ3) is 5.56. The summed E-state index contributed by atoms with van der Waals surface area (Å²) in [7, 11) is -3.28. The van der Waals surface area contributed by atoms with Gasteiger partial charge in [0.25, 0.3) is 0 Å². The van der Waals surface area contributed by atoms with Gasteiger partial charge in [-0.05, 0) is 24.6 Å². The first-order valence-electron chi connectivity index (χ1n) is 9.42. The van der Waals surface area contributed by atoms with Crippen molar-refractivity contribution in [2.45, 2.75) is 19.9 Å². The third-order valence-electron chi connectivity index (χ3n) is 4.76. The number of piperazine rings is 1. The second kappa shape index (κ2) is 9.39. The first-order valence-corrected chi connectivity index (χ1v) is 12.4. The fourth-order valence-electron chi connectivity index (χ4n) is 3.31. The van der Waals surface area contributed by atoms with Crippen molar-refractivity contribution in [1.82, 2.24) is 9.80 Å². The second-order valence-electron chi connectivity index (χ2n) is 6.99. The van der Waals surface area contributed by atoms with E-state index in [1.54, 1.807) is 16.2 Å². The van der Waals surface area contributed by atoms with Crippen LogP contribution in [-0.4, -0.2) is 61.8 Å². The van der Waals surface area contributed by atoms with Crippen LogP contribution >= 0.6 is 22.9 Å². The van der Waals surface area contributed by atoms with Crippen molar-refractivity contribution in [3.8, 4) is 10.4 Å². The van der Waals surface area contributed by atoms with Crippen molar-refractivity contribution in [2.75, 3.05) is 37.7 Å². The number of rotatable bonds is 7. The highest BCUT2D eigenvalue weighted by Crippen LogP contribution is 2.33. The molecule has 1 aromatic heterocycles. The van der Waals surface area contributed by atoms with Gasteiger partial charge in [0.1, 0.15) is 5.75 Å². The Hall–Kier alpha value is -1.41. The summed E-state index contributed by atoms with van der Waals surface area (Å²) in [5.74, 6) is -0.567. The number of halogens is 1. The number of carbonyl (C=O) groups excluding carboxylic acids is 1. The Morgan fingerprint density at radius 1 is 1.11 bits per heavy atom. The van der Waals surface area contributed by atoms with E-state index in [2.05, 4.69) is 17.0 Å². The van der Waals surface area contributed by atoms with E-state index in [4.69, 9.17) is 11.6 Å². The lowest BCUT2D eigenvalue weighted by atomic mass is 10.2. The van der Waals surface area contributed by atoms with Gasteiger partial charge in [0.05, 0.1) is 5.75 Å². The van der Waals surface area contributed by atoms with Crippen molar-refractivity contribution in [3.63, 3.8) is 0 Å². The predicted molar refractivity (Wildman–Crippen MR) is 116 cm³/mol. The maximum atomic E-state index is 12.3. The minimum atomic E-state index is -3.28. The van der Waals surface area contributed by atoms with Crippen LogP contribution in [0, 0.1) is 0 Å². The summed E-state index contributed by atoms with van der Waals surface area (Å²) in [6.45, 7) is 5.28. The van der Waals surface area contributed by atoms with E-state index in [1.807, 2.05) is 31.2 Å². The molecule has 28 heavy (non-hydrogen) atoms. The Bertz CT molecular complexity index is 919. The molecule has 1 aromatic carbocycles. The van der Waals surface area contributed by atoms with Crippen LogP contribution in [0.4, 0.5) is 0 Å². The molecule has 5 nitrogen and oxygen atoms in total. The van der Waals surface area contributed by atoms with E-state index in [0.29, 0.717) is 19.5 Å². The Labute approximate surface area is 175 Å². The van der Waals surface area contributed by atoms with Gasteiger partial charge in [-0.2, -0.15) is 0 Å². The summed E-state index contributed by atoms with van der Waals surface area (Å²) < 4.78 is 23.7. The molecule has 2 heterocycles. The monoisotopic (exact) mass is 440 g/mol. The van der Waals surface area contributed by atoms with E-state index in [1.165, 1.54) is 4.88 Å². The lowest BCUT2D eigenvalue weighted by Gasteiger charge is -2.34. The first kappa shape index (κ1) is 21.3. The summed E-state index contributed by atoms with van der Waals surface area (Å²) in [5.41, 5.74) is 1.05. The Morgan fingerprint density at radius 3 is 2.50 bits per heavy atom. The van der Waals surface area contributed by atoms with Crippen LogP contribution in [0.5, 0.6) is 0 Å². The van der Waals surface area contributed by atoms with Crippen LogP contribution in [0.2, 0.25) is 5.02 Å². The summed E-state index contributed by atoms with van der Waals surface area (Å²) >= 11 is 8.02. The van der Waals surface area contributed by atoms with Crippen LogP contribution in [-0.2, 0) is 21.2 Å². The van der Waals surface area contributed by atoms with Crippen molar-refractivity contribution >= 4 is 38.7 Å². The van der Waals surface area contributed by atoms with E-state index < -0.39 is 9.84 Å². The highest BCUT2D eigenvalue weighted by molar-refractivity contribution is 7.92. The minimum Gasteiger partial charge on any atom is -0.339 e. The summed E-state index contributed by atoms with van der Waals surface area (Å²) in [6.07, 6.45) is 0.542. The van der Waals surface area contributed by atoms with E-state index in [9.17, 15) is 13.2 Å². The Morgan fingerprint density at radius 2 is 1.82 bits per heavy atom. The zero-order valence-corrected chi connectivity index (χ0v) is 18.3. The van der Waals surface area contributed by atoms with Gasteiger partial charge in [-0.15, -0.1) is 11.3 Å². The minimum absolute atomic E-state index is 0.0743. The average Bonchev–Trinajstić information content (AvgIpc) is 3.10. The molecular formula is C20H25ClN2O3S2. The normalized spacial score (nSPS) is 15.7. The van der Waals surface area contributed by atoms with Crippen LogP contribution in [0.1, 0.15) is 18.2 Å².